The van der Waals surface area contributed by atoms with Crippen molar-refractivity contribution in [1.82, 2.24) is 10.3 Å². The average molecular weight is 280 g/mol. The molecule has 0 aliphatic carbocycles. The lowest BCUT2D eigenvalue weighted by Gasteiger charge is -2.12. The number of ether oxygens (including phenoxy) is 2. The molecular formula is C15H24N2O3. The highest BCUT2D eigenvalue weighted by atomic mass is 16.5. The summed E-state index contributed by atoms with van der Waals surface area (Å²) in [4.78, 5) is 15.5. The molecule has 0 unspecified atom stereocenters. The number of carbonyl (C=O) groups is 1. The minimum Gasteiger partial charge on any atom is -0.492 e. The molecule has 0 fully saturated rings. The normalized spacial score (nSPS) is 10.3. The third kappa shape index (κ3) is 6.02. The van der Waals surface area contributed by atoms with Crippen molar-refractivity contribution in [1.29, 1.82) is 0 Å². The summed E-state index contributed by atoms with van der Waals surface area (Å²) in [5, 5.41) is 3.32. The van der Waals surface area contributed by atoms with Crippen LogP contribution in [0.5, 0.6) is 5.75 Å². The summed E-state index contributed by atoms with van der Waals surface area (Å²) >= 11 is 0. The molecule has 20 heavy (non-hydrogen) atoms. The first kappa shape index (κ1) is 16.4. The number of esters is 1. The first-order valence-electron chi connectivity index (χ1n) is 7.04. The van der Waals surface area contributed by atoms with Gasteiger partial charge in [-0.05, 0) is 38.4 Å². The van der Waals surface area contributed by atoms with Crippen LogP contribution in [0.4, 0.5) is 0 Å². The van der Waals surface area contributed by atoms with Crippen molar-refractivity contribution < 1.29 is 14.3 Å². The Bertz CT molecular complexity index is 422. The van der Waals surface area contributed by atoms with Crippen LogP contribution in [0.15, 0.2) is 12.1 Å². The van der Waals surface area contributed by atoms with E-state index in [1.807, 2.05) is 19.1 Å². The van der Waals surface area contributed by atoms with E-state index in [9.17, 15) is 4.79 Å². The number of aryl methyl sites for hydroxylation is 1. The van der Waals surface area contributed by atoms with Gasteiger partial charge < -0.3 is 14.8 Å². The second-order valence-corrected chi connectivity index (χ2v) is 4.60. The number of aromatic nitrogens is 1. The van der Waals surface area contributed by atoms with Crippen LogP contribution in [-0.4, -0.2) is 31.2 Å². The van der Waals surface area contributed by atoms with Crippen molar-refractivity contribution in [3.8, 4) is 5.75 Å². The van der Waals surface area contributed by atoms with Crippen LogP contribution in [0.1, 0.15) is 37.6 Å². The Morgan fingerprint density at radius 3 is 2.90 bits per heavy atom. The van der Waals surface area contributed by atoms with Gasteiger partial charge in [-0.15, -0.1) is 0 Å². The SMILES string of the molecule is CCCNCc1nc(C)ccc1OCCCC(=O)OC. The smallest absolute Gasteiger partial charge is 0.305 e. The van der Waals surface area contributed by atoms with Gasteiger partial charge in [0.1, 0.15) is 5.75 Å². The van der Waals surface area contributed by atoms with Gasteiger partial charge in [-0.2, -0.15) is 0 Å². The third-order valence-electron chi connectivity index (χ3n) is 2.80. The predicted octanol–water partition coefficient (Wildman–Crippen LogP) is 2.22. The molecule has 0 radical (unpaired) electrons. The van der Waals surface area contributed by atoms with E-state index in [4.69, 9.17) is 4.74 Å². The number of carbonyl (C=O) groups excluding carboxylic acids is 1. The van der Waals surface area contributed by atoms with Crippen molar-refractivity contribution >= 4 is 5.97 Å². The number of pyridine rings is 1. The summed E-state index contributed by atoms with van der Waals surface area (Å²) in [6, 6.07) is 3.86. The number of nitrogens with zero attached hydrogens (tertiary/aromatic N) is 1. The lowest BCUT2D eigenvalue weighted by molar-refractivity contribution is -0.140. The summed E-state index contributed by atoms with van der Waals surface area (Å²) in [6.45, 7) is 6.23. The fourth-order valence-corrected chi connectivity index (χ4v) is 1.74. The van der Waals surface area contributed by atoms with Crippen LogP contribution in [0, 0.1) is 6.92 Å². The van der Waals surface area contributed by atoms with Gasteiger partial charge in [0.2, 0.25) is 0 Å². The van der Waals surface area contributed by atoms with E-state index in [0.717, 1.165) is 30.1 Å². The molecule has 1 aromatic rings. The number of rotatable bonds is 9. The van der Waals surface area contributed by atoms with Crippen LogP contribution >= 0.6 is 0 Å². The highest BCUT2D eigenvalue weighted by Gasteiger charge is 2.06. The third-order valence-corrected chi connectivity index (χ3v) is 2.80. The van der Waals surface area contributed by atoms with Gasteiger partial charge in [-0.1, -0.05) is 6.92 Å². The molecule has 1 aromatic heterocycles. The maximum Gasteiger partial charge on any atom is 0.305 e. The lowest BCUT2D eigenvalue weighted by Crippen LogP contribution is -2.16. The summed E-state index contributed by atoms with van der Waals surface area (Å²) in [7, 11) is 1.39. The number of nitrogens with one attached hydrogen (secondary N) is 1. The maximum atomic E-state index is 11.0. The molecule has 1 rings (SSSR count). The molecule has 0 amide bonds. The highest BCUT2D eigenvalue weighted by molar-refractivity contribution is 5.69. The fourth-order valence-electron chi connectivity index (χ4n) is 1.74. The zero-order chi connectivity index (χ0) is 14.8. The summed E-state index contributed by atoms with van der Waals surface area (Å²) in [6.07, 6.45) is 2.10. The standard InChI is InChI=1S/C15H24N2O3/c1-4-9-16-11-13-14(8-7-12(2)17-13)20-10-5-6-15(18)19-3/h7-8,16H,4-6,9-11H2,1-3H3. The Labute approximate surface area is 120 Å². The molecule has 0 spiro atoms. The summed E-state index contributed by atoms with van der Waals surface area (Å²) in [5.74, 6) is 0.574. The van der Waals surface area contributed by atoms with Gasteiger partial charge in [-0.25, -0.2) is 0 Å². The summed E-state index contributed by atoms with van der Waals surface area (Å²) < 4.78 is 10.3. The van der Waals surface area contributed by atoms with Crippen molar-refractivity contribution in [3.05, 3.63) is 23.5 Å². The zero-order valence-electron chi connectivity index (χ0n) is 12.6. The Morgan fingerprint density at radius 1 is 1.40 bits per heavy atom. The van der Waals surface area contributed by atoms with E-state index >= 15 is 0 Å². The van der Waals surface area contributed by atoms with Crippen molar-refractivity contribution in [2.24, 2.45) is 0 Å². The molecule has 1 N–H and O–H groups in total. The van der Waals surface area contributed by atoms with Crippen LogP contribution in [0.3, 0.4) is 0 Å². The molecule has 0 atom stereocenters. The maximum absolute atomic E-state index is 11.0. The molecule has 0 aliphatic heterocycles. The fraction of sp³-hybridized carbons (Fsp3) is 0.600. The molecule has 0 saturated carbocycles. The second kappa shape index (κ2) is 9.31. The van der Waals surface area contributed by atoms with Crippen LogP contribution in [-0.2, 0) is 16.1 Å². The van der Waals surface area contributed by atoms with Gasteiger partial charge in [-0.3, -0.25) is 9.78 Å². The van der Waals surface area contributed by atoms with Crippen LogP contribution in [0.25, 0.3) is 0 Å². The second-order valence-electron chi connectivity index (χ2n) is 4.60. The van der Waals surface area contributed by atoms with Crippen molar-refractivity contribution in [2.45, 2.75) is 39.7 Å². The quantitative estimate of drug-likeness (QED) is 0.555. The van der Waals surface area contributed by atoms with Crippen molar-refractivity contribution in [3.63, 3.8) is 0 Å². The van der Waals surface area contributed by atoms with Gasteiger partial charge in [0.15, 0.2) is 0 Å². The van der Waals surface area contributed by atoms with Gasteiger partial charge in [0, 0.05) is 18.7 Å². The van der Waals surface area contributed by atoms with E-state index in [0.29, 0.717) is 26.0 Å². The van der Waals surface area contributed by atoms with E-state index in [1.165, 1.54) is 7.11 Å². The first-order chi connectivity index (χ1) is 9.67. The molecule has 0 aromatic carbocycles. The zero-order valence-corrected chi connectivity index (χ0v) is 12.6. The van der Waals surface area contributed by atoms with Crippen LogP contribution < -0.4 is 10.1 Å². The number of hydrogen-bond donors (Lipinski definition) is 1. The molecule has 5 heteroatoms. The Balaban J connectivity index is 2.48. The van der Waals surface area contributed by atoms with Crippen molar-refractivity contribution in [2.75, 3.05) is 20.3 Å². The van der Waals surface area contributed by atoms with Gasteiger partial charge >= 0.3 is 5.97 Å². The Kier molecular flexibility index (Phi) is 7.65. The van der Waals surface area contributed by atoms with E-state index in [2.05, 4.69) is 22.0 Å². The molecule has 112 valence electrons. The molecule has 0 bridgehead atoms. The minimum atomic E-state index is -0.208. The summed E-state index contributed by atoms with van der Waals surface area (Å²) in [5.41, 5.74) is 1.89. The lowest BCUT2D eigenvalue weighted by atomic mass is 10.2. The Hall–Kier alpha value is -1.62. The van der Waals surface area contributed by atoms with E-state index < -0.39 is 0 Å². The topological polar surface area (TPSA) is 60.5 Å². The molecular weight excluding hydrogens is 256 g/mol. The molecule has 5 nitrogen and oxygen atoms in total. The largest absolute Gasteiger partial charge is 0.492 e. The predicted molar refractivity (Wildman–Crippen MR) is 77.7 cm³/mol. The van der Waals surface area contributed by atoms with E-state index in [-0.39, 0.29) is 5.97 Å². The highest BCUT2D eigenvalue weighted by Crippen LogP contribution is 2.17. The number of methoxy groups -OCH3 is 1. The average Bonchev–Trinajstić information content (AvgIpc) is 2.45. The Morgan fingerprint density at radius 2 is 2.20 bits per heavy atom. The molecule has 0 aliphatic rings. The van der Waals surface area contributed by atoms with Gasteiger partial charge in [0.25, 0.3) is 0 Å². The first-order valence-corrected chi connectivity index (χ1v) is 7.04. The van der Waals surface area contributed by atoms with E-state index in [1.54, 1.807) is 0 Å². The minimum absolute atomic E-state index is 0.208. The van der Waals surface area contributed by atoms with Gasteiger partial charge in [0.05, 0.1) is 19.4 Å². The molecule has 1 heterocycles. The van der Waals surface area contributed by atoms with Crippen LogP contribution in [0.2, 0.25) is 0 Å². The number of hydrogen-bond acceptors (Lipinski definition) is 5. The molecule has 0 saturated heterocycles. The monoisotopic (exact) mass is 280 g/mol.